The highest BCUT2D eigenvalue weighted by atomic mass is 32.2. The van der Waals surface area contributed by atoms with Crippen molar-refractivity contribution in [3.05, 3.63) is 17.5 Å². The van der Waals surface area contributed by atoms with E-state index in [0.29, 0.717) is 13.0 Å². The second-order valence-corrected chi connectivity index (χ2v) is 8.38. The number of hydrogen-bond donors (Lipinski definition) is 3. The number of amides is 2. The minimum atomic E-state index is -3.01. The lowest BCUT2D eigenvalue weighted by atomic mass is 9.93. The van der Waals surface area contributed by atoms with E-state index in [1.165, 1.54) is 0 Å². The summed E-state index contributed by atoms with van der Waals surface area (Å²) in [6, 6.07) is -0.760. The molecule has 0 unspecified atom stereocenters. The summed E-state index contributed by atoms with van der Waals surface area (Å²) in [6.07, 6.45) is 4.87. The van der Waals surface area contributed by atoms with Gasteiger partial charge in [-0.2, -0.15) is 5.10 Å². The highest BCUT2D eigenvalue weighted by molar-refractivity contribution is 7.91. The average molecular weight is 342 g/mol. The summed E-state index contributed by atoms with van der Waals surface area (Å²) in [5, 5.41) is 19.0. The van der Waals surface area contributed by atoms with Crippen LogP contribution >= 0.6 is 0 Å². The van der Waals surface area contributed by atoms with Gasteiger partial charge in [-0.05, 0) is 25.7 Å². The molecule has 8 nitrogen and oxygen atoms in total. The minimum absolute atomic E-state index is 0.0186. The van der Waals surface area contributed by atoms with Gasteiger partial charge in [0.1, 0.15) is 0 Å². The minimum Gasteiger partial charge on any atom is -0.394 e. The summed E-state index contributed by atoms with van der Waals surface area (Å²) < 4.78 is 24.7. The maximum Gasteiger partial charge on any atom is 0.315 e. The molecule has 0 saturated carbocycles. The Morgan fingerprint density at radius 2 is 2.22 bits per heavy atom. The van der Waals surface area contributed by atoms with Crippen LogP contribution in [0.25, 0.3) is 0 Å². The standard InChI is InChI=1S/C14H22N4O4S/c19-6-5-18-13-3-1-2-12(11(13)8-15-18)17-14(20)16-10-4-7-23(21,22)9-10/h8,10,12,19H,1-7,9H2,(H2,16,17,20)/t10-,12-/m0/s1. The lowest BCUT2D eigenvalue weighted by molar-refractivity contribution is 0.232. The summed E-state index contributed by atoms with van der Waals surface area (Å²) >= 11 is 0. The van der Waals surface area contributed by atoms with Gasteiger partial charge in [0.05, 0.1) is 36.9 Å². The smallest absolute Gasteiger partial charge is 0.315 e. The molecule has 1 aromatic heterocycles. The van der Waals surface area contributed by atoms with Gasteiger partial charge in [0, 0.05) is 17.3 Å². The number of hydrogen-bond acceptors (Lipinski definition) is 5. The van der Waals surface area contributed by atoms with Gasteiger partial charge in [0.15, 0.2) is 9.84 Å². The fraction of sp³-hybridized carbons (Fsp3) is 0.714. The van der Waals surface area contributed by atoms with Crippen LogP contribution in [-0.4, -0.2) is 53.5 Å². The molecule has 0 spiro atoms. The van der Waals surface area contributed by atoms with Crippen LogP contribution in [-0.2, 0) is 22.8 Å². The van der Waals surface area contributed by atoms with E-state index in [2.05, 4.69) is 15.7 Å². The molecular weight excluding hydrogens is 320 g/mol. The fourth-order valence-electron chi connectivity index (χ4n) is 3.35. The Hall–Kier alpha value is -1.61. The summed E-state index contributed by atoms with van der Waals surface area (Å²) in [5.41, 5.74) is 2.04. The first kappa shape index (κ1) is 16.3. The Balaban J connectivity index is 1.62. The van der Waals surface area contributed by atoms with Crippen LogP contribution in [0.1, 0.15) is 36.6 Å². The van der Waals surface area contributed by atoms with E-state index in [9.17, 15) is 13.2 Å². The highest BCUT2D eigenvalue weighted by Gasteiger charge is 2.30. The first-order valence-electron chi connectivity index (χ1n) is 7.91. The van der Waals surface area contributed by atoms with Gasteiger partial charge in [0.25, 0.3) is 0 Å². The number of aromatic nitrogens is 2. The third kappa shape index (κ3) is 3.66. The molecule has 2 atom stereocenters. The molecule has 0 aromatic carbocycles. The van der Waals surface area contributed by atoms with Gasteiger partial charge in [-0.25, -0.2) is 13.2 Å². The second-order valence-electron chi connectivity index (χ2n) is 6.16. The van der Waals surface area contributed by atoms with Crippen LogP contribution in [0.2, 0.25) is 0 Å². The predicted molar refractivity (Wildman–Crippen MR) is 83.7 cm³/mol. The highest BCUT2D eigenvalue weighted by Crippen LogP contribution is 2.29. The van der Waals surface area contributed by atoms with Crippen molar-refractivity contribution < 1.29 is 18.3 Å². The molecule has 1 aromatic rings. The molecule has 1 aliphatic heterocycles. The van der Waals surface area contributed by atoms with E-state index < -0.39 is 9.84 Å². The van der Waals surface area contributed by atoms with E-state index in [1.807, 2.05) is 0 Å². The normalized spacial score (nSPS) is 25.8. The largest absolute Gasteiger partial charge is 0.394 e. The van der Waals surface area contributed by atoms with Gasteiger partial charge in [-0.3, -0.25) is 4.68 Å². The van der Waals surface area contributed by atoms with E-state index in [-0.39, 0.29) is 36.2 Å². The van der Waals surface area contributed by atoms with Gasteiger partial charge in [-0.1, -0.05) is 0 Å². The molecule has 2 heterocycles. The Labute approximate surface area is 135 Å². The van der Waals surface area contributed by atoms with Crippen LogP contribution in [0.3, 0.4) is 0 Å². The molecule has 1 fully saturated rings. The summed E-state index contributed by atoms with van der Waals surface area (Å²) in [5.74, 6) is 0.157. The predicted octanol–water partition coefficient (Wildman–Crippen LogP) is -0.261. The molecule has 0 radical (unpaired) electrons. The zero-order valence-corrected chi connectivity index (χ0v) is 13.7. The van der Waals surface area contributed by atoms with Crippen LogP contribution in [0.4, 0.5) is 4.79 Å². The van der Waals surface area contributed by atoms with E-state index in [4.69, 9.17) is 5.11 Å². The number of carbonyl (C=O) groups excluding carboxylic acids is 1. The van der Waals surface area contributed by atoms with Crippen molar-refractivity contribution >= 4 is 15.9 Å². The summed E-state index contributed by atoms with van der Waals surface area (Å²) in [6.45, 7) is 0.483. The monoisotopic (exact) mass is 342 g/mol. The van der Waals surface area contributed by atoms with E-state index >= 15 is 0 Å². The molecule has 1 aliphatic carbocycles. The van der Waals surface area contributed by atoms with Crippen LogP contribution in [0.5, 0.6) is 0 Å². The molecule has 2 aliphatic rings. The van der Waals surface area contributed by atoms with Crippen molar-refractivity contribution in [2.75, 3.05) is 18.1 Å². The number of nitrogens with zero attached hydrogens (tertiary/aromatic N) is 2. The van der Waals surface area contributed by atoms with Crippen LogP contribution in [0.15, 0.2) is 6.20 Å². The van der Waals surface area contributed by atoms with Crippen LogP contribution < -0.4 is 10.6 Å². The van der Waals surface area contributed by atoms with Gasteiger partial charge >= 0.3 is 6.03 Å². The molecule has 9 heteroatoms. The molecule has 1 saturated heterocycles. The Kier molecular flexibility index (Phi) is 4.58. The van der Waals surface area contributed by atoms with Gasteiger partial charge < -0.3 is 15.7 Å². The zero-order valence-electron chi connectivity index (χ0n) is 12.9. The first-order valence-corrected chi connectivity index (χ1v) is 9.73. The van der Waals surface area contributed by atoms with Crippen molar-refractivity contribution in [2.45, 2.75) is 44.3 Å². The molecule has 3 N–H and O–H groups in total. The van der Waals surface area contributed by atoms with Crippen molar-refractivity contribution in [1.29, 1.82) is 0 Å². The molecule has 128 valence electrons. The number of sulfone groups is 1. The topological polar surface area (TPSA) is 113 Å². The molecule has 2 amide bonds. The maximum absolute atomic E-state index is 12.1. The number of nitrogens with one attached hydrogen (secondary N) is 2. The number of urea groups is 1. The third-order valence-electron chi connectivity index (χ3n) is 4.45. The Bertz CT molecular complexity index is 685. The molecule has 3 rings (SSSR count). The lowest BCUT2D eigenvalue weighted by Gasteiger charge is -2.25. The molecule has 0 bridgehead atoms. The fourth-order valence-corrected chi connectivity index (χ4v) is 5.02. The number of aliphatic hydroxyl groups excluding tert-OH is 1. The number of rotatable bonds is 4. The quantitative estimate of drug-likeness (QED) is 0.698. The van der Waals surface area contributed by atoms with Gasteiger partial charge in [0.2, 0.25) is 0 Å². The van der Waals surface area contributed by atoms with Crippen molar-refractivity contribution in [3.63, 3.8) is 0 Å². The molecular formula is C14H22N4O4S. The summed E-state index contributed by atoms with van der Waals surface area (Å²) in [4.78, 5) is 12.1. The molecule has 23 heavy (non-hydrogen) atoms. The zero-order chi connectivity index (χ0) is 16.4. The number of aliphatic hydroxyl groups is 1. The van der Waals surface area contributed by atoms with E-state index in [1.54, 1.807) is 10.9 Å². The van der Waals surface area contributed by atoms with Gasteiger partial charge in [-0.15, -0.1) is 0 Å². The Morgan fingerprint density at radius 1 is 1.39 bits per heavy atom. The number of carbonyl (C=O) groups is 1. The first-order chi connectivity index (χ1) is 11.0. The summed E-state index contributed by atoms with van der Waals surface area (Å²) in [7, 11) is -3.01. The lowest BCUT2D eigenvalue weighted by Crippen LogP contribution is -2.44. The van der Waals surface area contributed by atoms with Crippen LogP contribution in [0, 0.1) is 0 Å². The van der Waals surface area contributed by atoms with Crippen molar-refractivity contribution in [2.24, 2.45) is 0 Å². The maximum atomic E-state index is 12.1. The number of fused-ring (bicyclic) bond motifs is 1. The Morgan fingerprint density at radius 3 is 2.91 bits per heavy atom. The second kappa shape index (κ2) is 6.48. The average Bonchev–Trinajstić information content (AvgIpc) is 3.04. The van der Waals surface area contributed by atoms with Crippen molar-refractivity contribution in [1.82, 2.24) is 20.4 Å². The van der Waals surface area contributed by atoms with Crippen molar-refractivity contribution in [3.8, 4) is 0 Å². The van der Waals surface area contributed by atoms with E-state index in [0.717, 1.165) is 30.5 Å². The SMILES string of the molecule is O=C(N[C@H]1CCS(=O)(=O)C1)N[C@H]1CCCc2c1cnn2CCO. The third-order valence-corrected chi connectivity index (χ3v) is 6.22.